The third kappa shape index (κ3) is 2.81. The Bertz CT molecular complexity index is 547. The second kappa shape index (κ2) is 5.93. The molecular formula is C14H21N5. The predicted molar refractivity (Wildman–Crippen MR) is 74.7 cm³/mol. The van der Waals surface area contributed by atoms with E-state index in [1.165, 1.54) is 0 Å². The van der Waals surface area contributed by atoms with Gasteiger partial charge in [0.15, 0.2) is 0 Å². The van der Waals surface area contributed by atoms with E-state index in [2.05, 4.69) is 33.6 Å². The van der Waals surface area contributed by atoms with Crippen LogP contribution in [0.3, 0.4) is 0 Å². The quantitative estimate of drug-likeness (QED) is 0.891. The summed E-state index contributed by atoms with van der Waals surface area (Å²) in [5.74, 6) is 0.893. The maximum absolute atomic E-state index is 6.39. The van der Waals surface area contributed by atoms with E-state index in [1.54, 1.807) is 6.20 Å². The van der Waals surface area contributed by atoms with E-state index in [1.807, 2.05) is 19.2 Å². The van der Waals surface area contributed by atoms with E-state index >= 15 is 0 Å². The smallest absolute Gasteiger partial charge is 0.130 e. The van der Waals surface area contributed by atoms with Crippen molar-refractivity contribution in [2.45, 2.75) is 46.2 Å². The molecule has 0 spiro atoms. The fraction of sp³-hybridized carbons (Fsp3) is 0.500. The molecular weight excluding hydrogens is 238 g/mol. The van der Waals surface area contributed by atoms with E-state index in [9.17, 15) is 0 Å². The number of nitrogens with two attached hydrogens (primary N) is 1. The molecule has 2 aromatic heterocycles. The normalized spacial score (nSPS) is 12.6. The average molecular weight is 259 g/mol. The summed E-state index contributed by atoms with van der Waals surface area (Å²) >= 11 is 0. The van der Waals surface area contributed by atoms with Crippen molar-refractivity contribution < 1.29 is 0 Å². The Labute approximate surface area is 113 Å². The van der Waals surface area contributed by atoms with Crippen LogP contribution >= 0.6 is 0 Å². The van der Waals surface area contributed by atoms with Gasteiger partial charge in [-0.05, 0) is 25.8 Å². The fourth-order valence-electron chi connectivity index (χ4n) is 2.25. The molecule has 0 aliphatic heterocycles. The molecule has 0 fully saturated rings. The predicted octanol–water partition coefficient (Wildman–Crippen LogP) is 2.00. The summed E-state index contributed by atoms with van der Waals surface area (Å²) in [7, 11) is 0. The van der Waals surface area contributed by atoms with Crippen LogP contribution in [0.1, 0.15) is 49.1 Å². The summed E-state index contributed by atoms with van der Waals surface area (Å²) in [4.78, 5) is 4.41. The first-order chi connectivity index (χ1) is 9.17. The average Bonchev–Trinajstić information content (AvgIpc) is 2.86. The Kier molecular flexibility index (Phi) is 4.27. The van der Waals surface area contributed by atoms with E-state index in [-0.39, 0.29) is 6.04 Å². The molecule has 5 heteroatoms. The lowest BCUT2D eigenvalue weighted by Crippen LogP contribution is -2.20. The highest BCUT2D eigenvalue weighted by Crippen LogP contribution is 2.21. The third-order valence-corrected chi connectivity index (χ3v) is 3.19. The number of nitrogens with zero attached hydrogens (tertiary/aromatic N) is 4. The van der Waals surface area contributed by atoms with Gasteiger partial charge >= 0.3 is 0 Å². The topological polar surface area (TPSA) is 69.6 Å². The van der Waals surface area contributed by atoms with Crippen molar-refractivity contribution in [2.75, 3.05) is 0 Å². The van der Waals surface area contributed by atoms with Gasteiger partial charge in [0.2, 0.25) is 0 Å². The van der Waals surface area contributed by atoms with Gasteiger partial charge in [0, 0.05) is 24.5 Å². The van der Waals surface area contributed by atoms with Gasteiger partial charge in [-0.2, -0.15) is 10.2 Å². The summed E-state index contributed by atoms with van der Waals surface area (Å²) in [6, 6.07) is 1.77. The summed E-state index contributed by atoms with van der Waals surface area (Å²) in [6.07, 6.45) is 5.67. The summed E-state index contributed by atoms with van der Waals surface area (Å²) in [5, 5.41) is 8.34. The van der Waals surface area contributed by atoms with Gasteiger partial charge in [-0.3, -0.25) is 0 Å². The zero-order valence-corrected chi connectivity index (χ0v) is 11.8. The minimum atomic E-state index is -0.245. The van der Waals surface area contributed by atoms with E-state index < -0.39 is 0 Å². The van der Waals surface area contributed by atoms with E-state index in [4.69, 9.17) is 5.73 Å². The van der Waals surface area contributed by atoms with Crippen LogP contribution in [-0.4, -0.2) is 19.7 Å². The summed E-state index contributed by atoms with van der Waals surface area (Å²) in [6.45, 7) is 7.07. The molecule has 19 heavy (non-hydrogen) atoms. The van der Waals surface area contributed by atoms with Crippen LogP contribution in [0.4, 0.5) is 0 Å². The van der Waals surface area contributed by atoms with Crippen molar-refractivity contribution >= 4 is 0 Å². The molecule has 0 amide bonds. The number of hydrogen-bond donors (Lipinski definition) is 1. The first-order valence-electron chi connectivity index (χ1n) is 6.77. The van der Waals surface area contributed by atoms with Crippen molar-refractivity contribution in [1.29, 1.82) is 0 Å². The largest absolute Gasteiger partial charge is 0.333 e. The Balaban J connectivity index is 2.40. The molecule has 5 nitrogen and oxygen atoms in total. The second-order valence-electron chi connectivity index (χ2n) is 4.70. The summed E-state index contributed by atoms with van der Waals surface area (Å²) in [5.41, 5.74) is 9.25. The molecule has 1 atom stereocenters. The van der Waals surface area contributed by atoms with Crippen molar-refractivity contribution in [3.8, 4) is 0 Å². The van der Waals surface area contributed by atoms with Crippen LogP contribution in [0.2, 0.25) is 0 Å². The zero-order chi connectivity index (χ0) is 13.8. The molecule has 1 unspecified atom stereocenters. The Morgan fingerprint density at radius 1 is 1.32 bits per heavy atom. The van der Waals surface area contributed by atoms with Crippen LogP contribution in [-0.2, 0) is 13.0 Å². The number of imidazole rings is 1. The lowest BCUT2D eigenvalue weighted by Gasteiger charge is -2.16. The Morgan fingerprint density at radius 2 is 2.11 bits per heavy atom. The minimum absolute atomic E-state index is 0.245. The van der Waals surface area contributed by atoms with Crippen molar-refractivity contribution in [3.63, 3.8) is 0 Å². The van der Waals surface area contributed by atoms with Crippen LogP contribution < -0.4 is 5.73 Å². The number of aryl methyl sites for hydroxylation is 3. The molecule has 102 valence electrons. The highest BCUT2D eigenvalue weighted by atomic mass is 15.1. The molecule has 0 saturated heterocycles. The first-order valence-corrected chi connectivity index (χ1v) is 6.77. The van der Waals surface area contributed by atoms with Gasteiger partial charge in [0.05, 0.1) is 17.4 Å². The second-order valence-corrected chi connectivity index (χ2v) is 4.70. The van der Waals surface area contributed by atoms with Crippen LogP contribution in [0.5, 0.6) is 0 Å². The molecule has 0 aliphatic rings. The van der Waals surface area contributed by atoms with Gasteiger partial charge < -0.3 is 10.3 Å². The molecule has 2 rings (SSSR count). The molecule has 0 bridgehead atoms. The molecule has 2 aromatic rings. The maximum Gasteiger partial charge on any atom is 0.130 e. The molecule has 2 N–H and O–H groups in total. The molecule has 0 aliphatic carbocycles. The van der Waals surface area contributed by atoms with Gasteiger partial charge in [-0.15, -0.1) is 0 Å². The van der Waals surface area contributed by atoms with Gasteiger partial charge in [0.25, 0.3) is 0 Å². The van der Waals surface area contributed by atoms with Crippen LogP contribution in [0.15, 0.2) is 18.5 Å². The van der Waals surface area contributed by atoms with Gasteiger partial charge in [-0.25, -0.2) is 4.98 Å². The molecule has 0 aromatic carbocycles. The highest BCUT2D eigenvalue weighted by Gasteiger charge is 2.18. The van der Waals surface area contributed by atoms with Crippen LogP contribution in [0.25, 0.3) is 0 Å². The minimum Gasteiger partial charge on any atom is -0.333 e. The molecule has 0 saturated carbocycles. The number of aromatic nitrogens is 4. The monoisotopic (exact) mass is 259 g/mol. The van der Waals surface area contributed by atoms with Crippen molar-refractivity contribution in [2.24, 2.45) is 5.73 Å². The summed E-state index contributed by atoms with van der Waals surface area (Å²) < 4.78 is 2.11. The Hall–Kier alpha value is -1.75. The van der Waals surface area contributed by atoms with Crippen LogP contribution in [0, 0.1) is 6.92 Å². The lowest BCUT2D eigenvalue weighted by atomic mass is 10.0. The maximum atomic E-state index is 6.39. The van der Waals surface area contributed by atoms with Gasteiger partial charge in [0.1, 0.15) is 5.82 Å². The lowest BCUT2D eigenvalue weighted by molar-refractivity contribution is 0.608. The number of hydrogen-bond acceptors (Lipinski definition) is 4. The Morgan fingerprint density at radius 3 is 2.79 bits per heavy atom. The van der Waals surface area contributed by atoms with E-state index in [0.717, 1.165) is 42.2 Å². The SMILES string of the molecule is CCCn1ccnc1C(N)c1cc(C)nnc1CC. The number of rotatable bonds is 5. The van der Waals surface area contributed by atoms with Gasteiger partial charge in [-0.1, -0.05) is 13.8 Å². The molecule has 0 radical (unpaired) electrons. The van der Waals surface area contributed by atoms with Crippen molar-refractivity contribution in [3.05, 3.63) is 41.2 Å². The van der Waals surface area contributed by atoms with E-state index in [0.29, 0.717) is 0 Å². The molecule has 2 heterocycles. The highest BCUT2D eigenvalue weighted by molar-refractivity contribution is 5.29. The van der Waals surface area contributed by atoms with Crippen molar-refractivity contribution in [1.82, 2.24) is 19.7 Å². The fourth-order valence-corrected chi connectivity index (χ4v) is 2.25. The third-order valence-electron chi connectivity index (χ3n) is 3.19. The first kappa shape index (κ1) is 13.7. The standard InChI is InChI=1S/C14H21N5/c1-4-7-19-8-6-16-14(19)13(15)11-9-10(3)17-18-12(11)5-2/h6,8-9,13H,4-5,7,15H2,1-3H3. The zero-order valence-electron chi connectivity index (χ0n) is 11.8.